The molecule has 4 heterocycles. The molecule has 0 fully saturated rings. The van der Waals surface area contributed by atoms with E-state index in [1.807, 2.05) is 66.2 Å². The predicted molar refractivity (Wildman–Crippen MR) is 136 cm³/mol. The maximum absolute atomic E-state index is 13.3. The fourth-order valence-electron chi connectivity index (χ4n) is 4.26. The van der Waals surface area contributed by atoms with Crippen LogP contribution >= 0.6 is 0 Å². The van der Waals surface area contributed by atoms with Crippen LogP contribution in [0.15, 0.2) is 67.0 Å². The molecule has 5 aromatic rings. The van der Waals surface area contributed by atoms with Gasteiger partial charge in [0.05, 0.1) is 41.9 Å². The molecule has 176 valence electrons. The van der Waals surface area contributed by atoms with Crippen LogP contribution in [-0.2, 0) is 13.0 Å². The van der Waals surface area contributed by atoms with Crippen molar-refractivity contribution >= 4 is 34.2 Å². The highest BCUT2D eigenvalue weighted by Gasteiger charge is 2.18. The first-order valence-corrected chi connectivity index (χ1v) is 11.5. The molecule has 5 rings (SSSR count). The fraction of sp³-hybridized carbons (Fsp3) is 0.185. The molecule has 0 atom stereocenters. The number of fused-ring (bicyclic) bond motifs is 2. The summed E-state index contributed by atoms with van der Waals surface area (Å²) in [5.74, 6) is -0.251. The summed E-state index contributed by atoms with van der Waals surface area (Å²) in [6.07, 6.45) is 7.57. The third-order valence-electron chi connectivity index (χ3n) is 5.88. The lowest BCUT2D eigenvalue weighted by Gasteiger charge is -2.08. The summed E-state index contributed by atoms with van der Waals surface area (Å²) in [6, 6.07) is 15.5. The van der Waals surface area contributed by atoms with E-state index in [0.717, 1.165) is 40.0 Å². The van der Waals surface area contributed by atoms with Crippen molar-refractivity contribution in [2.24, 2.45) is 0 Å². The summed E-state index contributed by atoms with van der Waals surface area (Å²) < 4.78 is 3.70. The van der Waals surface area contributed by atoms with Gasteiger partial charge in [-0.25, -0.2) is 4.98 Å². The molecule has 0 aliphatic rings. The third-order valence-corrected chi connectivity index (χ3v) is 5.88. The zero-order valence-corrected chi connectivity index (χ0v) is 19.6. The Labute approximate surface area is 202 Å². The summed E-state index contributed by atoms with van der Waals surface area (Å²) in [5.41, 5.74) is 6.47. The highest BCUT2D eigenvalue weighted by molar-refractivity contribution is 6.08. The van der Waals surface area contributed by atoms with Crippen molar-refractivity contribution < 1.29 is 9.90 Å². The number of rotatable bonds is 7. The van der Waals surface area contributed by atoms with Crippen LogP contribution in [0.1, 0.15) is 40.1 Å². The smallest absolute Gasteiger partial charge is 0.274 e. The molecule has 8 nitrogen and oxygen atoms in total. The second-order valence-corrected chi connectivity index (χ2v) is 8.30. The van der Waals surface area contributed by atoms with E-state index in [9.17, 15) is 4.79 Å². The van der Waals surface area contributed by atoms with Gasteiger partial charge in [-0.1, -0.05) is 31.2 Å². The average Bonchev–Trinajstić information content (AvgIpc) is 3.44. The molecule has 1 amide bonds. The number of aromatic nitrogens is 5. The highest BCUT2D eigenvalue weighted by Crippen LogP contribution is 2.28. The number of carbonyl (C=O) groups excluding carboxylic acids is 1. The van der Waals surface area contributed by atoms with Crippen molar-refractivity contribution in [2.75, 3.05) is 11.9 Å². The number of aliphatic hydroxyl groups is 1. The Hall–Kier alpha value is -4.30. The van der Waals surface area contributed by atoms with Gasteiger partial charge in [0.2, 0.25) is 0 Å². The number of hydrogen-bond donors (Lipinski definition) is 2. The molecule has 0 unspecified atom stereocenters. The van der Waals surface area contributed by atoms with E-state index in [2.05, 4.69) is 22.2 Å². The summed E-state index contributed by atoms with van der Waals surface area (Å²) in [7, 11) is 0. The Morgan fingerprint density at radius 2 is 2.03 bits per heavy atom. The zero-order valence-electron chi connectivity index (χ0n) is 19.6. The summed E-state index contributed by atoms with van der Waals surface area (Å²) in [6.45, 7) is 4.55. The molecule has 8 heteroatoms. The lowest BCUT2D eigenvalue weighted by Crippen LogP contribution is -2.14. The van der Waals surface area contributed by atoms with Gasteiger partial charge < -0.3 is 10.4 Å². The predicted octanol–water partition coefficient (Wildman–Crippen LogP) is 4.26. The number of nitrogens with one attached hydrogen (secondary N) is 1. The monoisotopic (exact) mass is 466 g/mol. The number of aryl methyl sites for hydroxylation is 2. The van der Waals surface area contributed by atoms with Gasteiger partial charge in [0.1, 0.15) is 11.3 Å². The average molecular weight is 467 g/mol. The third kappa shape index (κ3) is 4.43. The Kier molecular flexibility index (Phi) is 6.12. The Morgan fingerprint density at radius 3 is 2.83 bits per heavy atom. The molecule has 0 saturated carbocycles. The molecule has 4 aromatic heterocycles. The van der Waals surface area contributed by atoms with Gasteiger partial charge in [-0.2, -0.15) is 5.10 Å². The molecule has 0 saturated heterocycles. The lowest BCUT2D eigenvalue weighted by molar-refractivity contribution is 0.102. The quantitative estimate of drug-likeness (QED) is 0.374. The second kappa shape index (κ2) is 9.52. The van der Waals surface area contributed by atoms with Crippen molar-refractivity contribution in [1.82, 2.24) is 24.1 Å². The van der Waals surface area contributed by atoms with Crippen LogP contribution in [-0.4, -0.2) is 41.8 Å². The van der Waals surface area contributed by atoms with Gasteiger partial charge in [0.15, 0.2) is 0 Å². The minimum absolute atomic E-state index is 0.0311. The van der Waals surface area contributed by atoms with Crippen LogP contribution in [0.3, 0.4) is 0 Å². The van der Waals surface area contributed by atoms with Crippen molar-refractivity contribution in [3.63, 3.8) is 0 Å². The number of amides is 1. The first-order chi connectivity index (χ1) is 17.1. The number of anilines is 1. The Morgan fingerprint density at radius 1 is 1.17 bits per heavy atom. The maximum atomic E-state index is 13.3. The molecule has 1 aromatic carbocycles. The highest BCUT2D eigenvalue weighted by atomic mass is 16.2. The summed E-state index contributed by atoms with van der Waals surface area (Å²) in [5, 5.41) is 17.8. The van der Waals surface area contributed by atoms with E-state index in [-0.39, 0.29) is 12.5 Å². The number of hydrogen-bond acceptors (Lipinski definition) is 5. The van der Waals surface area contributed by atoms with Gasteiger partial charge in [0.25, 0.3) is 5.91 Å². The molecule has 35 heavy (non-hydrogen) atoms. The van der Waals surface area contributed by atoms with Crippen LogP contribution in [0.5, 0.6) is 0 Å². The van der Waals surface area contributed by atoms with E-state index < -0.39 is 0 Å². The van der Waals surface area contributed by atoms with Crippen LogP contribution in [0.2, 0.25) is 0 Å². The van der Waals surface area contributed by atoms with E-state index in [0.29, 0.717) is 23.6 Å². The van der Waals surface area contributed by atoms with E-state index in [1.165, 1.54) is 0 Å². The van der Waals surface area contributed by atoms with Crippen LogP contribution in [0, 0.1) is 6.92 Å². The largest absolute Gasteiger partial charge is 0.392 e. The van der Waals surface area contributed by atoms with Crippen molar-refractivity contribution in [3.05, 3.63) is 95.3 Å². The van der Waals surface area contributed by atoms with Crippen LogP contribution < -0.4 is 5.32 Å². The SMILES string of the molecule is CCc1nn(Cc2cccc(C)n2)c2cccc(NC(=O)c3cnc4cc(C=CCO)ccn34)c12. The number of aliphatic hydroxyl groups excluding tert-OH is 1. The topological polar surface area (TPSA) is 97.3 Å². The summed E-state index contributed by atoms with van der Waals surface area (Å²) in [4.78, 5) is 22.3. The van der Waals surface area contributed by atoms with Gasteiger partial charge in [-0.3, -0.25) is 18.9 Å². The van der Waals surface area contributed by atoms with E-state index in [4.69, 9.17) is 10.2 Å². The number of pyridine rings is 2. The van der Waals surface area contributed by atoms with Crippen molar-refractivity contribution in [1.29, 1.82) is 0 Å². The normalized spacial score (nSPS) is 11.6. The molecular weight excluding hydrogens is 440 g/mol. The lowest BCUT2D eigenvalue weighted by atomic mass is 10.1. The zero-order chi connectivity index (χ0) is 24.4. The number of imidazole rings is 1. The van der Waals surface area contributed by atoms with Gasteiger partial charge in [-0.15, -0.1) is 0 Å². The number of carbonyl (C=O) groups is 1. The minimum Gasteiger partial charge on any atom is -0.392 e. The standard InChI is InChI=1S/C27H26N6O2/c1-3-21-26-22(10-5-11-23(26)33(31-21)17-20-9-4-7-18(2)29-20)30-27(35)24-16-28-25-15-19(8-6-14-34)12-13-32(24)25/h4-13,15-16,34H,3,14,17H2,1-2H3,(H,30,35). The van der Waals surface area contributed by atoms with Crippen molar-refractivity contribution in [3.8, 4) is 0 Å². The molecule has 0 spiro atoms. The molecule has 0 radical (unpaired) electrons. The molecular formula is C27H26N6O2. The maximum Gasteiger partial charge on any atom is 0.274 e. The second-order valence-electron chi connectivity index (χ2n) is 8.30. The van der Waals surface area contributed by atoms with Crippen LogP contribution in [0.4, 0.5) is 5.69 Å². The first kappa shape index (κ1) is 22.5. The molecule has 2 N–H and O–H groups in total. The Balaban J connectivity index is 1.48. The first-order valence-electron chi connectivity index (χ1n) is 11.5. The molecule has 0 aliphatic carbocycles. The minimum atomic E-state index is -0.251. The Bertz CT molecular complexity index is 1560. The van der Waals surface area contributed by atoms with E-state index >= 15 is 0 Å². The fourth-order valence-corrected chi connectivity index (χ4v) is 4.26. The van der Waals surface area contributed by atoms with Gasteiger partial charge in [-0.05, 0) is 55.3 Å². The van der Waals surface area contributed by atoms with Crippen molar-refractivity contribution in [2.45, 2.75) is 26.8 Å². The number of benzene rings is 1. The summed E-state index contributed by atoms with van der Waals surface area (Å²) >= 11 is 0. The molecule has 0 aliphatic heterocycles. The molecule has 0 bridgehead atoms. The van der Waals surface area contributed by atoms with Gasteiger partial charge in [0, 0.05) is 17.3 Å². The van der Waals surface area contributed by atoms with E-state index in [1.54, 1.807) is 22.9 Å². The van der Waals surface area contributed by atoms with Crippen LogP contribution in [0.25, 0.3) is 22.6 Å². The number of nitrogens with zero attached hydrogens (tertiary/aromatic N) is 5. The van der Waals surface area contributed by atoms with Gasteiger partial charge >= 0.3 is 0 Å².